The Morgan fingerprint density at radius 1 is 1.05 bits per heavy atom. The number of anilines is 1. The summed E-state index contributed by atoms with van der Waals surface area (Å²) >= 11 is 3.47. The summed E-state index contributed by atoms with van der Waals surface area (Å²) in [6.07, 6.45) is 1.96. The molecule has 0 radical (unpaired) electrons. The lowest BCUT2D eigenvalue weighted by Crippen LogP contribution is -2.44. The molecular formula is C15H18BrN3. The lowest BCUT2D eigenvalue weighted by Gasteiger charge is -2.34. The van der Waals surface area contributed by atoms with Crippen molar-refractivity contribution in [1.29, 1.82) is 0 Å². The van der Waals surface area contributed by atoms with Gasteiger partial charge in [-0.3, -0.25) is 0 Å². The second-order valence-electron chi connectivity index (χ2n) is 5.07. The predicted molar refractivity (Wildman–Crippen MR) is 83.6 cm³/mol. The lowest BCUT2D eigenvalue weighted by molar-refractivity contribution is 0.313. The van der Waals surface area contributed by atoms with Gasteiger partial charge in [0.25, 0.3) is 0 Å². The maximum Gasteiger partial charge on any atom is 0.0465 e. The molecule has 100 valence electrons. The molecule has 1 aliphatic rings. The summed E-state index contributed by atoms with van der Waals surface area (Å²) in [5.41, 5.74) is 3.70. The molecule has 1 aromatic heterocycles. The molecule has 2 heterocycles. The van der Waals surface area contributed by atoms with Crippen molar-refractivity contribution in [3.63, 3.8) is 0 Å². The second-order valence-corrected chi connectivity index (χ2v) is 5.98. The molecule has 1 fully saturated rings. The van der Waals surface area contributed by atoms with Crippen molar-refractivity contribution in [3.05, 3.63) is 41.0 Å². The van der Waals surface area contributed by atoms with Gasteiger partial charge >= 0.3 is 0 Å². The van der Waals surface area contributed by atoms with Crippen molar-refractivity contribution in [1.82, 2.24) is 9.88 Å². The zero-order valence-corrected chi connectivity index (χ0v) is 12.7. The molecule has 0 saturated carbocycles. The Bertz CT molecular complexity index is 539. The molecule has 1 saturated heterocycles. The Morgan fingerprint density at radius 3 is 2.32 bits per heavy atom. The molecule has 3 rings (SSSR count). The van der Waals surface area contributed by atoms with Crippen LogP contribution in [0.2, 0.25) is 0 Å². The van der Waals surface area contributed by atoms with Gasteiger partial charge in [0, 0.05) is 48.2 Å². The van der Waals surface area contributed by atoms with E-state index >= 15 is 0 Å². The topological polar surface area (TPSA) is 22.3 Å². The summed E-state index contributed by atoms with van der Waals surface area (Å²) < 4.78 is 1.09. The van der Waals surface area contributed by atoms with Gasteiger partial charge in [-0.2, -0.15) is 0 Å². The number of nitrogens with zero attached hydrogens (tertiary/aromatic N) is 2. The number of benzene rings is 1. The molecule has 1 N–H and O–H groups in total. The minimum Gasteiger partial charge on any atom is -0.369 e. The number of likely N-dealkylation sites (N-methyl/N-ethyl adjacent to an activating group) is 1. The van der Waals surface area contributed by atoms with E-state index in [0.717, 1.165) is 36.3 Å². The summed E-state index contributed by atoms with van der Waals surface area (Å²) in [6.45, 7) is 4.52. The quantitative estimate of drug-likeness (QED) is 0.918. The van der Waals surface area contributed by atoms with E-state index in [4.69, 9.17) is 0 Å². The van der Waals surface area contributed by atoms with Gasteiger partial charge < -0.3 is 14.8 Å². The fraction of sp³-hybridized carbons (Fsp3) is 0.333. The highest BCUT2D eigenvalue weighted by Crippen LogP contribution is 2.25. The van der Waals surface area contributed by atoms with E-state index in [1.54, 1.807) is 0 Å². The lowest BCUT2D eigenvalue weighted by atomic mass is 10.1. The van der Waals surface area contributed by atoms with Crippen LogP contribution in [0.5, 0.6) is 0 Å². The zero-order chi connectivity index (χ0) is 13.2. The fourth-order valence-corrected chi connectivity index (χ4v) is 2.79. The number of hydrogen-bond acceptors (Lipinski definition) is 2. The first-order valence-corrected chi connectivity index (χ1v) is 7.39. The number of hydrogen-bond donors (Lipinski definition) is 1. The van der Waals surface area contributed by atoms with Gasteiger partial charge in [-0.05, 0) is 46.7 Å². The molecule has 0 unspecified atom stereocenters. The van der Waals surface area contributed by atoms with Crippen molar-refractivity contribution in [2.75, 3.05) is 38.1 Å². The fourth-order valence-electron chi connectivity index (χ4n) is 2.45. The van der Waals surface area contributed by atoms with Gasteiger partial charge in [0.2, 0.25) is 0 Å². The van der Waals surface area contributed by atoms with E-state index in [0.29, 0.717) is 0 Å². The first kappa shape index (κ1) is 12.8. The molecule has 1 aliphatic heterocycles. The van der Waals surface area contributed by atoms with Crippen LogP contribution in [0.25, 0.3) is 11.3 Å². The number of nitrogens with one attached hydrogen (secondary N) is 1. The van der Waals surface area contributed by atoms with Gasteiger partial charge in [-0.1, -0.05) is 12.1 Å². The third-order valence-corrected chi connectivity index (χ3v) is 4.15. The van der Waals surface area contributed by atoms with Crippen LogP contribution in [0.1, 0.15) is 0 Å². The summed E-state index contributed by atoms with van der Waals surface area (Å²) in [4.78, 5) is 8.09. The molecule has 4 heteroatoms. The molecule has 2 aromatic rings. The van der Waals surface area contributed by atoms with Crippen LogP contribution in [-0.2, 0) is 0 Å². The average molecular weight is 320 g/mol. The van der Waals surface area contributed by atoms with Gasteiger partial charge in [-0.25, -0.2) is 0 Å². The Balaban J connectivity index is 1.75. The smallest absolute Gasteiger partial charge is 0.0465 e. The van der Waals surface area contributed by atoms with E-state index in [2.05, 4.69) is 68.1 Å². The monoisotopic (exact) mass is 319 g/mol. The highest BCUT2D eigenvalue weighted by molar-refractivity contribution is 9.10. The summed E-state index contributed by atoms with van der Waals surface area (Å²) in [5, 5.41) is 0. The minimum absolute atomic E-state index is 1.09. The van der Waals surface area contributed by atoms with Crippen LogP contribution in [0.15, 0.2) is 41.0 Å². The second kappa shape index (κ2) is 5.39. The number of H-pyrrole nitrogens is 1. The first-order valence-electron chi connectivity index (χ1n) is 6.60. The van der Waals surface area contributed by atoms with Crippen molar-refractivity contribution >= 4 is 21.6 Å². The Morgan fingerprint density at radius 2 is 1.74 bits per heavy atom. The Kier molecular flexibility index (Phi) is 3.62. The van der Waals surface area contributed by atoms with E-state index in [1.165, 1.54) is 11.3 Å². The van der Waals surface area contributed by atoms with Crippen LogP contribution in [-0.4, -0.2) is 43.1 Å². The average Bonchev–Trinajstić information content (AvgIpc) is 2.87. The van der Waals surface area contributed by atoms with Crippen LogP contribution in [0.3, 0.4) is 0 Å². The summed E-state index contributed by atoms with van der Waals surface area (Å²) in [7, 11) is 2.18. The van der Waals surface area contributed by atoms with Gasteiger partial charge in [0.1, 0.15) is 0 Å². The molecule has 19 heavy (non-hydrogen) atoms. The summed E-state index contributed by atoms with van der Waals surface area (Å²) in [6, 6.07) is 10.9. The molecule has 0 atom stereocenters. The molecular weight excluding hydrogens is 302 g/mol. The van der Waals surface area contributed by atoms with Crippen molar-refractivity contribution in [2.24, 2.45) is 0 Å². The van der Waals surface area contributed by atoms with E-state index < -0.39 is 0 Å². The number of aromatic amines is 1. The molecule has 1 aromatic carbocycles. The molecule has 3 nitrogen and oxygen atoms in total. The normalized spacial score (nSPS) is 16.8. The standard InChI is InChI=1S/C15H18BrN3/c1-18-6-8-19(9-7-18)14-4-2-12(3-5-14)15-10-13(16)11-17-15/h2-5,10-11,17H,6-9H2,1H3. The molecule has 0 amide bonds. The van der Waals surface area contributed by atoms with Gasteiger partial charge in [-0.15, -0.1) is 0 Å². The summed E-state index contributed by atoms with van der Waals surface area (Å²) in [5.74, 6) is 0. The highest BCUT2D eigenvalue weighted by Gasteiger charge is 2.14. The zero-order valence-electron chi connectivity index (χ0n) is 11.1. The largest absolute Gasteiger partial charge is 0.369 e. The first-order chi connectivity index (χ1) is 9.22. The SMILES string of the molecule is CN1CCN(c2ccc(-c3cc(Br)c[nH]3)cc2)CC1. The maximum absolute atomic E-state index is 3.47. The van der Waals surface area contributed by atoms with Crippen molar-refractivity contribution in [3.8, 4) is 11.3 Å². The van der Waals surface area contributed by atoms with Crippen LogP contribution in [0.4, 0.5) is 5.69 Å². The Hall–Kier alpha value is -1.26. The molecule has 0 spiro atoms. The van der Waals surface area contributed by atoms with Crippen LogP contribution < -0.4 is 4.90 Å². The van der Waals surface area contributed by atoms with E-state index in [9.17, 15) is 0 Å². The maximum atomic E-state index is 3.47. The third kappa shape index (κ3) is 2.85. The predicted octanol–water partition coefficient (Wildman–Crippen LogP) is 3.20. The highest BCUT2D eigenvalue weighted by atomic mass is 79.9. The Labute approximate surface area is 122 Å². The number of aromatic nitrogens is 1. The molecule has 0 bridgehead atoms. The van der Waals surface area contributed by atoms with Crippen LogP contribution in [0, 0.1) is 0 Å². The van der Waals surface area contributed by atoms with Crippen LogP contribution >= 0.6 is 15.9 Å². The van der Waals surface area contributed by atoms with Crippen molar-refractivity contribution < 1.29 is 0 Å². The third-order valence-electron chi connectivity index (χ3n) is 3.69. The number of halogens is 1. The molecule has 0 aliphatic carbocycles. The van der Waals surface area contributed by atoms with Crippen molar-refractivity contribution in [2.45, 2.75) is 0 Å². The number of rotatable bonds is 2. The van der Waals surface area contributed by atoms with Gasteiger partial charge in [0.05, 0.1) is 0 Å². The minimum atomic E-state index is 1.09. The van der Waals surface area contributed by atoms with E-state index in [-0.39, 0.29) is 0 Å². The van der Waals surface area contributed by atoms with E-state index in [1.807, 2.05) is 6.20 Å². The number of piperazine rings is 1. The van der Waals surface area contributed by atoms with Gasteiger partial charge in [0.15, 0.2) is 0 Å².